The van der Waals surface area contributed by atoms with Crippen molar-refractivity contribution in [3.05, 3.63) is 0 Å². The van der Waals surface area contributed by atoms with E-state index >= 15 is 0 Å². The molecule has 112 valence electrons. The van der Waals surface area contributed by atoms with E-state index in [4.69, 9.17) is 10.8 Å². The summed E-state index contributed by atoms with van der Waals surface area (Å²) >= 11 is 0. The minimum absolute atomic E-state index is 0.458. The van der Waals surface area contributed by atoms with E-state index in [9.17, 15) is 0 Å². The minimum Gasteiger partial charge on any atom is -0.340 e. The summed E-state index contributed by atoms with van der Waals surface area (Å²) < 4.78 is 0. The molecule has 0 aromatic heterocycles. The van der Waals surface area contributed by atoms with Crippen molar-refractivity contribution in [1.29, 1.82) is 0 Å². The van der Waals surface area contributed by atoms with Crippen LogP contribution in [-0.2, 0) is 0 Å². The zero-order valence-corrected chi connectivity index (χ0v) is 13.0. The number of likely N-dealkylation sites (N-methyl/N-ethyl adjacent to an activating group) is 1. The number of aliphatic imine (C=N–C) groups is 1. The van der Waals surface area contributed by atoms with Gasteiger partial charge in [0.2, 0.25) is 5.96 Å². The Morgan fingerprint density at radius 1 is 1.26 bits per heavy atom. The van der Waals surface area contributed by atoms with Crippen LogP contribution in [0.2, 0.25) is 0 Å². The number of nitrogens with one attached hydrogen (secondary N) is 1. The number of rotatable bonds is 6. The number of hydrazine groups is 1. The molecule has 0 aromatic rings. The van der Waals surface area contributed by atoms with Crippen LogP contribution in [0.15, 0.2) is 4.99 Å². The molecule has 0 bridgehead atoms. The van der Waals surface area contributed by atoms with Gasteiger partial charge in [-0.1, -0.05) is 26.7 Å². The van der Waals surface area contributed by atoms with Crippen molar-refractivity contribution in [3.63, 3.8) is 0 Å². The summed E-state index contributed by atoms with van der Waals surface area (Å²) in [4.78, 5) is 9.29. The average molecular weight is 269 g/mol. The largest absolute Gasteiger partial charge is 0.340 e. The van der Waals surface area contributed by atoms with E-state index in [-0.39, 0.29) is 0 Å². The monoisotopic (exact) mass is 269 g/mol. The summed E-state index contributed by atoms with van der Waals surface area (Å²) in [7, 11) is 4.19. The molecule has 1 fully saturated rings. The maximum atomic E-state index is 5.70. The second-order valence-corrected chi connectivity index (χ2v) is 6.18. The van der Waals surface area contributed by atoms with E-state index in [0.717, 1.165) is 25.6 Å². The lowest BCUT2D eigenvalue weighted by Gasteiger charge is -2.29. The van der Waals surface area contributed by atoms with Gasteiger partial charge < -0.3 is 9.80 Å². The molecule has 3 N–H and O–H groups in total. The molecule has 0 unspecified atom stereocenters. The number of hydrogen-bond acceptors (Lipinski definition) is 3. The Morgan fingerprint density at radius 2 is 1.89 bits per heavy atom. The van der Waals surface area contributed by atoms with Crippen molar-refractivity contribution in [3.8, 4) is 0 Å². The molecular formula is C14H31N5. The van der Waals surface area contributed by atoms with Crippen molar-refractivity contribution < 1.29 is 0 Å². The molecule has 1 saturated carbocycles. The number of nitrogens with two attached hydrogens (primary N) is 1. The molecule has 0 saturated heterocycles. The van der Waals surface area contributed by atoms with Crippen LogP contribution in [0, 0.1) is 5.92 Å². The molecule has 5 heteroatoms. The van der Waals surface area contributed by atoms with Crippen molar-refractivity contribution in [2.45, 2.75) is 45.6 Å². The Kier molecular flexibility index (Phi) is 7.16. The van der Waals surface area contributed by atoms with Crippen LogP contribution in [0.1, 0.15) is 39.5 Å². The molecule has 0 aliphatic heterocycles. The van der Waals surface area contributed by atoms with Crippen LogP contribution in [0.25, 0.3) is 0 Å². The second kappa shape index (κ2) is 8.38. The Morgan fingerprint density at radius 3 is 2.37 bits per heavy atom. The summed E-state index contributed by atoms with van der Waals surface area (Å²) in [6.07, 6.45) is 5.00. The van der Waals surface area contributed by atoms with E-state index in [1.165, 1.54) is 25.7 Å². The summed E-state index contributed by atoms with van der Waals surface area (Å²) in [5.41, 5.74) is 2.82. The predicted octanol–water partition coefficient (Wildman–Crippen LogP) is 1.27. The van der Waals surface area contributed by atoms with Crippen molar-refractivity contribution in [2.24, 2.45) is 16.8 Å². The van der Waals surface area contributed by atoms with E-state index in [1.54, 1.807) is 0 Å². The zero-order valence-electron chi connectivity index (χ0n) is 13.0. The standard InChI is InChI=1S/C14H31N5/c1-12(2)11-19(10-9-18(3)4)14(17-15)16-13-7-5-6-8-13/h12-13H,5-11,15H2,1-4H3,(H,16,17). The zero-order chi connectivity index (χ0) is 14.3. The smallest absolute Gasteiger partial charge is 0.208 e. The summed E-state index contributed by atoms with van der Waals surface area (Å²) in [5, 5.41) is 0. The van der Waals surface area contributed by atoms with Gasteiger partial charge >= 0.3 is 0 Å². The molecular weight excluding hydrogens is 238 g/mol. The quantitative estimate of drug-likeness (QED) is 0.330. The van der Waals surface area contributed by atoms with Gasteiger partial charge in [-0.2, -0.15) is 0 Å². The Labute approximate surface area is 118 Å². The third kappa shape index (κ3) is 6.25. The number of guanidine groups is 1. The van der Waals surface area contributed by atoms with Gasteiger partial charge in [-0.3, -0.25) is 5.43 Å². The van der Waals surface area contributed by atoms with Gasteiger partial charge in [0.05, 0.1) is 6.04 Å². The first-order chi connectivity index (χ1) is 9.02. The molecule has 0 radical (unpaired) electrons. The summed E-state index contributed by atoms with van der Waals surface area (Å²) in [6, 6.07) is 0.458. The average Bonchev–Trinajstić information content (AvgIpc) is 2.84. The van der Waals surface area contributed by atoms with E-state index < -0.39 is 0 Å². The highest BCUT2D eigenvalue weighted by molar-refractivity contribution is 5.79. The van der Waals surface area contributed by atoms with Crippen LogP contribution in [0.4, 0.5) is 0 Å². The Bertz CT molecular complexity index is 269. The predicted molar refractivity (Wildman–Crippen MR) is 82.0 cm³/mol. The van der Waals surface area contributed by atoms with Gasteiger partial charge in [0.15, 0.2) is 0 Å². The van der Waals surface area contributed by atoms with E-state index in [0.29, 0.717) is 12.0 Å². The number of nitrogens with zero attached hydrogens (tertiary/aromatic N) is 3. The first-order valence-corrected chi connectivity index (χ1v) is 7.47. The second-order valence-electron chi connectivity index (χ2n) is 6.18. The van der Waals surface area contributed by atoms with Gasteiger partial charge in [0.1, 0.15) is 0 Å². The maximum Gasteiger partial charge on any atom is 0.208 e. The molecule has 0 atom stereocenters. The third-order valence-electron chi connectivity index (χ3n) is 3.46. The number of hydrogen-bond donors (Lipinski definition) is 2. The van der Waals surface area contributed by atoms with Crippen LogP contribution < -0.4 is 11.3 Å². The van der Waals surface area contributed by atoms with Crippen LogP contribution in [0.5, 0.6) is 0 Å². The van der Waals surface area contributed by atoms with Gasteiger partial charge in [-0.05, 0) is 32.9 Å². The Hall–Kier alpha value is -0.810. The van der Waals surface area contributed by atoms with Crippen molar-refractivity contribution in [1.82, 2.24) is 15.2 Å². The fraction of sp³-hybridized carbons (Fsp3) is 0.929. The van der Waals surface area contributed by atoms with Gasteiger partial charge in [-0.25, -0.2) is 10.8 Å². The van der Waals surface area contributed by atoms with Crippen molar-refractivity contribution >= 4 is 5.96 Å². The maximum absolute atomic E-state index is 5.70. The first-order valence-electron chi connectivity index (χ1n) is 7.47. The summed E-state index contributed by atoms with van der Waals surface area (Å²) in [6.45, 7) is 7.42. The van der Waals surface area contributed by atoms with E-state index in [2.05, 4.69) is 43.2 Å². The highest BCUT2D eigenvalue weighted by Crippen LogP contribution is 2.21. The highest BCUT2D eigenvalue weighted by Gasteiger charge is 2.18. The molecule has 1 aliphatic carbocycles. The fourth-order valence-electron chi connectivity index (χ4n) is 2.46. The van der Waals surface area contributed by atoms with Gasteiger partial charge in [-0.15, -0.1) is 0 Å². The van der Waals surface area contributed by atoms with E-state index in [1.807, 2.05) is 0 Å². The Balaban J connectivity index is 2.66. The summed E-state index contributed by atoms with van der Waals surface area (Å²) in [5.74, 6) is 7.16. The molecule has 0 aromatic carbocycles. The van der Waals surface area contributed by atoms with Crippen LogP contribution >= 0.6 is 0 Å². The van der Waals surface area contributed by atoms with Crippen LogP contribution in [0.3, 0.4) is 0 Å². The SMILES string of the molecule is CC(C)CN(CCN(C)C)C(=NC1CCCC1)NN. The molecule has 1 aliphatic rings. The fourth-order valence-corrected chi connectivity index (χ4v) is 2.46. The van der Waals surface area contributed by atoms with Crippen molar-refractivity contribution in [2.75, 3.05) is 33.7 Å². The topological polar surface area (TPSA) is 56.9 Å². The molecule has 1 rings (SSSR count). The molecule has 0 spiro atoms. The third-order valence-corrected chi connectivity index (χ3v) is 3.46. The lowest BCUT2D eigenvalue weighted by Crippen LogP contribution is -2.48. The highest BCUT2D eigenvalue weighted by atomic mass is 15.4. The normalized spacial score (nSPS) is 17.5. The lowest BCUT2D eigenvalue weighted by molar-refractivity contribution is 0.299. The molecule has 0 amide bonds. The van der Waals surface area contributed by atoms with Gasteiger partial charge in [0.25, 0.3) is 0 Å². The minimum atomic E-state index is 0.458. The molecule has 19 heavy (non-hydrogen) atoms. The molecule has 5 nitrogen and oxygen atoms in total. The molecule has 0 heterocycles. The lowest BCUT2D eigenvalue weighted by atomic mass is 10.2. The van der Waals surface area contributed by atoms with Crippen LogP contribution in [-0.4, -0.2) is 55.5 Å². The van der Waals surface area contributed by atoms with Gasteiger partial charge in [0, 0.05) is 19.6 Å². The first kappa shape index (κ1) is 16.2.